The molecule has 0 unspecified atom stereocenters. The third-order valence-electron chi connectivity index (χ3n) is 6.43. The summed E-state index contributed by atoms with van der Waals surface area (Å²) in [6, 6.07) is 12.0. The van der Waals surface area contributed by atoms with Crippen LogP contribution in [0.1, 0.15) is 29.2 Å². The number of rotatable bonds is 6. The van der Waals surface area contributed by atoms with Gasteiger partial charge in [-0.25, -0.2) is 4.68 Å². The Balaban J connectivity index is 1.29. The van der Waals surface area contributed by atoms with Crippen LogP contribution in [-0.4, -0.2) is 46.5 Å². The molecule has 1 N–H and O–H groups in total. The van der Waals surface area contributed by atoms with Crippen LogP contribution in [0.15, 0.2) is 53.6 Å². The predicted octanol–water partition coefficient (Wildman–Crippen LogP) is 2.38. The molecule has 2 bridgehead atoms. The van der Waals surface area contributed by atoms with Gasteiger partial charge in [-0.3, -0.25) is 9.69 Å². The maximum absolute atomic E-state index is 13.2. The molecule has 0 radical (unpaired) electrons. The van der Waals surface area contributed by atoms with E-state index in [4.69, 9.17) is 4.74 Å². The molecule has 0 saturated carbocycles. The molecule has 2 aromatic heterocycles. The molecule has 31 heavy (non-hydrogen) atoms. The summed E-state index contributed by atoms with van der Waals surface area (Å²) in [5, 5.41) is 8.00. The quantitative estimate of drug-likeness (QED) is 0.665. The van der Waals surface area contributed by atoms with Gasteiger partial charge in [0.2, 0.25) is 0 Å². The first-order chi connectivity index (χ1) is 15.1. The Bertz CT molecular complexity index is 1130. The third-order valence-corrected chi connectivity index (χ3v) is 6.43. The molecule has 3 aromatic rings. The number of nitrogens with one attached hydrogen (secondary N) is 1. The van der Waals surface area contributed by atoms with Gasteiger partial charge in [0.1, 0.15) is 5.75 Å². The predicted molar refractivity (Wildman–Crippen MR) is 120 cm³/mol. The van der Waals surface area contributed by atoms with Crippen LogP contribution in [0.2, 0.25) is 0 Å². The molecule has 162 valence electrons. The first-order valence-corrected chi connectivity index (χ1v) is 10.9. The summed E-state index contributed by atoms with van der Waals surface area (Å²) < 4.78 is 9.19. The number of aromatic nitrogens is 3. The van der Waals surface area contributed by atoms with Crippen LogP contribution in [0.25, 0.3) is 5.69 Å². The van der Waals surface area contributed by atoms with Gasteiger partial charge >= 0.3 is 0 Å². The molecule has 1 aromatic carbocycles. The second kappa shape index (κ2) is 8.32. The number of piperidine rings is 1. The molecular formula is C24H29N5O2. The van der Waals surface area contributed by atoms with E-state index in [1.54, 1.807) is 7.11 Å². The molecule has 0 spiro atoms. The average molecular weight is 420 g/mol. The zero-order chi connectivity index (χ0) is 21.4. The maximum atomic E-state index is 13.2. The molecule has 1 fully saturated rings. The van der Waals surface area contributed by atoms with Crippen molar-refractivity contribution in [2.24, 2.45) is 5.92 Å². The van der Waals surface area contributed by atoms with E-state index in [2.05, 4.69) is 21.4 Å². The highest BCUT2D eigenvalue weighted by atomic mass is 16.5. The van der Waals surface area contributed by atoms with Crippen molar-refractivity contribution in [1.82, 2.24) is 24.6 Å². The monoisotopic (exact) mass is 419 g/mol. The van der Waals surface area contributed by atoms with E-state index in [0.717, 1.165) is 48.7 Å². The fraction of sp³-hybridized carbons (Fsp3) is 0.417. The highest BCUT2D eigenvalue weighted by Gasteiger charge is 2.31. The van der Waals surface area contributed by atoms with Gasteiger partial charge in [-0.15, -0.1) is 0 Å². The highest BCUT2D eigenvalue weighted by Crippen LogP contribution is 2.31. The van der Waals surface area contributed by atoms with Gasteiger partial charge in [-0.2, -0.15) is 5.10 Å². The van der Waals surface area contributed by atoms with E-state index in [-0.39, 0.29) is 5.56 Å². The van der Waals surface area contributed by atoms with Crippen molar-refractivity contribution in [3.63, 3.8) is 0 Å². The summed E-state index contributed by atoms with van der Waals surface area (Å²) in [4.78, 5) is 15.3. The molecule has 5 rings (SSSR count). The number of ether oxygens (including phenoxy) is 1. The fourth-order valence-electron chi connectivity index (χ4n) is 4.95. The Morgan fingerprint density at radius 1 is 1.23 bits per heavy atom. The molecule has 0 aliphatic carbocycles. The summed E-state index contributed by atoms with van der Waals surface area (Å²) in [6.07, 6.45) is 5.10. The van der Waals surface area contributed by atoms with Gasteiger partial charge in [-0.1, -0.05) is 12.1 Å². The van der Waals surface area contributed by atoms with Crippen LogP contribution in [0.5, 0.6) is 5.75 Å². The first-order valence-electron chi connectivity index (χ1n) is 10.9. The summed E-state index contributed by atoms with van der Waals surface area (Å²) in [5.41, 5.74) is 4.29. The lowest BCUT2D eigenvalue weighted by atomic mass is 9.84. The van der Waals surface area contributed by atoms with E-state index in [1.807, 2.05) is 59.0 Å². The topological polar surface area (TPSA) is 64.3 Å². The minimum absolute atomic E-state index is 0.174. The van der Waals surface area contributed by atoms with Crippen LogP contribution in [-0.2, 0) is 19.6 Å². The van der Waals surface area contributed by atoms with Gasteiger partial charge in [0.15, 0.2) is 0 Å². The van der Waals surface area contributed by atoms with E-state index in [9.17, 15) is 4.79 Å². The molecule has 2 aliphatic heterocycles. The number of hydrogen-bond donors (Lipinski definition) is 1. The lowest BCUT2D eigenvalue weighted by molar-refractivity contribution is 0.254. The lowest BCUT2D eigenvalue weighted by Gasteiger charge is -2.37. The molecular weight excluding hydrogens is 390 g/mol. The Kier molecular flexibility index (Phi) is 5.38. The van der Waals surface area contributed by atoms with Crippen molar-refractivity contribution in [2.75, 3.05) is 27.2 Å². The molecule has 7 heteroatoms. The summed E-state index contributed by atoms with van der Waals surface area (Å²) in [7, 11) is 3.71. The zero-order valence-corrected chi connectivity index (χ0v) is 18.1. The summed E-state index contributed by atoms with van der Waals surface area (Å²) >= 11 is 0. The van der Waals surface area contributed by atoms with Crippen molar-refractivity contribution < 1.29 is 4.74 Å². The molecule has 2 aliphatic rings. The highest BCUT2D eigenvalue weighted by molar-refractivity contribution is 5.38. The molecule has 2 atom stereocenters. The van der Waals surface area contributed by atoms with Gasteiger partial charge in [0.05, 0.1) is 19.0 Å². The maximum Gasteiger partial charge on any atom is 0.255 e. The Morgan fingerprint density at radius 2 is 2.13 bits per heavy atom. The van der Waals surface area contributed by atoms with Crippen LogP contribution in [0.3, 0.4) is 0 Å². The Morgan fingerprint density at radius 3 is 3.00 bits per heavy atom. The van der Waals surface area contributed by atoms with E-state index >= 15 is 0 Å². The zero-order valence-electron chi connectivity index (χ0n) is 18.1. The van der Waals surface area contributed by atoms with Crippen molar-refractivity contribution in [3.8, 4) is 11.4 Å². The number of fused-ring (bicyclic) bond motifs is 4. The molecule has 4 heterocycles. The first kappa shape index (κ1) is 20.0. The molecule has 7 nitrogen and oxygen atoms in total. The van der Waals surface area contributed by atoms with Crippen LogP contribution < -0.4 is 15.6 Å². The van der Waals surface area contributed by atoms with Crippen LogP contribution >= 0.6 is 0 Å². The average Bonchev–Trinajstić information content (AvgIpc) is 3.25. The number of benzene rings is 1. The Hall–Kier alpha value is -2.90. The number of nitrogens with zero attached hydrogens (tertiary/aromatic N) is 4. The van der Waals surface area contributed by atoms with Gasteiger partial charge in [-0.05, 0) is 44.1 Å². The third kappa shape index (κ3) is 4.03. The lowest BCUT2D eigenvalue weighted by Crippen LogP contribution is -2.45. The normalized spacial score (nSPS) is 20.0. The van der Waals surface area contributed by atoms with Crippen molar-refractivity contribution >= 4 is 0 Å². The van der Waals surface area contributed by atoms with E-state index < -0.39 is 0 Å². The van der Waals surface area contributed by atoms with E-state index in [0.29, 0.717) is 18.4 Å². The second-order valence-corrected chi connectivity index (χ2v) is 8.82. The number of methoxy groups -OCH3 is 1. The van der Waals surface area contributed by atoms with Crippen LogP contribution in [0, 0.1) is 5.92 Å². The summed E-state index contributed by atoms with van der Waals surface area (Å²) in [6.45, 7) is 4.18. The van der Waals surface area contributed by atoms with Crippen molar-refractivity contribution in [2.45, 2.75) is 32.0 Å². The van der Waals surface area contributed by atoms with Gasteiger partial charge < -0.3 is 14.6 Å². The number of pyridine rings is 1. The molecule has 1 saturated heterocycles. The number of hydrogen-bond acceptors (Lipinski definition) is 5. The van der Waals surface area contributed by atoms with Crippen molar-refractivity contribution in [1.29, 1.82) is 0 Å². The van der Waals surface area contributed by atoms with Crippen molar-refractivity contribution in [3.05, 3.63) is 76.0 Å². The van der Waals surface area contributed by atoms with E-state index in [1.165, 1.54) is 12.1 Å². The largest absolute Gasteiger partial charge is 0.497 e. The van der Waals surface area contributed by atoms with Gasteiger partial charge in [0, 0.05) is 61.2 Å². The van der Waals surface area contributed by atoms with Crippen LogP contribution in [0.4, 0.5) is 0 Å². The Labute approximate surface area is 182 Å². The molecule has 0 amide bonds. The fourth-order valence-corrected chi connectivity index (χ4v) is 4.95. The standard InChI is InChI=1S/C24H29N5O2/c1-27(13-18-11-26-29(15-18)21-4-3-5-22(9-21)31-2)16-19-6-7-23-20-8-17(10-25-12-20)14-28(23)24(19)30/h3-7,9,11,15,17,20,25H,8,10,12-14,16H2,1-2H3/t17-,20+/m0/s1. The summed E-state index contributed by atoms with van der Waals surface area (Å²) in [5.74, 6) is 1.84. The smallest absolute Gasteiger partial charge is 0.255 e. The second-order valence-electron chi connectivity index (χ2n) is 8.82. The SMILES string of the molecule is COc1cccc(-n2cc(CN(C)Cc3ccc4n(c3=O)C[C@@H]3CNC[C@H]4C3)cn2)c1. The minimum Gasteiger partial charge on any atom is -0.497 e. The van der Waals surface area contributed by atoms with Gasteiger partial charge in [0.25, 0.3) is 5.56 Å². The minimum atomic E-state index is 0.174.